The van der Waals surface area contributed by atoms with E-state index in [-0.39, 0.29) is 0 Å². The summed E-state index contributed by atoms with van der Waals surface area (Å²) in [4.78, 5) is 2.74. The van der Waals surface area contributed by atoms with Crippen molar-refractivity contribution in [3.8, 4) is 0 Å². The Kier molecular flexibility index (Phi) is 14.4. The van der Waals surface area contributed by atoms with Gasteiger partial charge in [-0.25, -0.2) is 0 Å². The van der Waals surface area contributed by atoms with Crippen molar-refractivity contribution in [2.75, 3.05) is 39.3 Å². The Labute approximate surface area is 273 Å². The van der Waals surface area contributed by atoms with Crippen LogP contribution in [0.1, 0.15) is 68.1 Å². The van der Waals surface area contributed by atoms with E-state index in [9.17, 15) is 0 Å². The van der Waals surface area contributed by atoms with Gasteiger partial charge in [-0.2, -0.15) is 0 Å². The molecular weight excluding hydrogens is 550 g/mol. The van der Waals surface area contributed by atoms with Crippen LogP contribution in [0.4, 0.5) is 0 Å². The second-order valence-electron chi connectivity index (χ2n) is 13.7. The predicted molar refractivity (Wildman–Crippen MR) is 191 cm³/mol. The number of rotatable bonds is 20. The summed E-state index contributed by atoms with van der Waals surface area (Å²) in [6, 6.07) is 34.5. The largest absolute Gasteiger partial charge is 0.329 e. The fourth-order valence-electron chi connectivity index (χ4n) is 7.61. The second-order valence-corrected chi connectivity index (χ2v) is 13.7. The molecule has 3 aromatic carbocycles. The number of hydrogen-bond acceptors (Lipinski definition) is 5. The van der Waals surface area contributed by atoms with Crippen molar-refractivity contribution in [3.63, 3.8) is 0 Å². The number of benzene rings is 3. The molecule has 4 atom stereocenters. The third kappa shape index (κ3) is 12.0. The van der Waals surface area contributed by atoms with Gasteiger partial charge in [-0.15, -0.1) is 0 Å². The molecule has 0 radical (unpaired) electrons. The highest BCUT2D eigenvalue weighted by Crippen LogP contribution is 2.28. The maximum Gasteiger partial charge on any atom is 0.0236 e. The molecule has 0 unspecified atom stereocenters. The molecule has 0 spiro atoms. The molecule has 45 heavy (non-hydrogen) atoms. The zero-order valence-corrected chi connectivity index (χ0v) is 27.6. The third-order valence-corrected chi connectivity index (χ3v) is 10.2. The molecule has 1 heterocycles. The molecule has 0 bridgehead atoms. The van der Waals surface area contributed by atoms with E-state index in [4.69, 9.17) is 5.73 Å². The minimum atomic E-state index is 0.312. The maximum absolute atomic E-state index is 6.21. The van der Waals surface area contributed by atoms with Gasteiger partial charge in [-0.05, 0) is 80.6 Å². The Hall–Kier alpha value is -2.54. The Morgan fingerprint density at radius 2 is 1.22 bits per heavy atom. The van der Waals surface area contributed by atoms with Crippen LogP contribution < -0.4 is 21.7 Å². The van der Waals surface area contributed by atoms with Crippen molar-refractivity contribution in [1.82, 2.24) is 20.9 Å². The summed E-state index contributed by atoms with van der Waals surface area (Å²) >= 11 is 0. The highest BCUT2D eigenvalue weighted by Gasteiger charge is 2.28. The Morgan fingerprint density at radius 3 is 1.82 bits per heavy atom. The van der Waals surface area contributed by atoms with E-state index in [1.54, 1.807) is 0 Å². The number of hydrogen-bond donors (Lipinski definition) is 4. The number of nitrogens with one attached hydrogen (secondary N) is 3. The van der Waals surface area contributed by atoms with Gasteiger partial charge < -0.3 is 21.7 Å². The van der Waals surface area contributed by atoms with E-state index in [1.165, 1.54) is 74.6 Å². The van der Waals surface area contributed by atoms with Gasteiger partial charge in [0, 0.05) is 50.3 Å². The van der Waals surface area contributed by atoms with Crippen LogP contribution in [0.15, 0.2) is 91.0 Å². The molecule has 5 nitrogen and oxygen atoms in total. The summed E-state index contributed by atoms with van der Waals surface area (Å²) < 4.78 is 0. The first-order valence-electron chi connectivity index (χ1n) is 18.0. The van der Waals surface area contributed by atoms with Gasteiger partial charge in [0.05, 0.1) is 0 Å². The van der Waals surface area contributed by atoms with E-state index in [0.717, 1.165) is 51.4 Å². The van der Waals surface area contributed by atoms with Gasteiger partial charge in [0.15, 0.2) is 0 Å². The molecule has 1 saturated carbocycles. The minimum Gasteiger partial charge on any atom is -0.329 e. The van der Waals surface area contributed by atoms with Crippen molar-refractivity contribution < 1.29 is 0 Å². The zero-order chi connectivity index (χ0) is 30.9. The average molecular weight is 610 g/mol. The van der Waals surface area contributed by atoms with Crippen LogP contribution in [0.2, 0.25) is 0 Å². The quantitative estimate of drug-likeness (QED) is 0.119. The van der Waals surface area contributed by atoms with Crippen molar-refractivity contribution in [3.05, 3.63) is 108 Å². The van der Waals surface area contributed by atoms with Crippen LogP contribution in [0.5, 0.6) is 0 Å². The van der Waals surface area contributed by atoms with Gasteiger partial charge in [0.25, 0.3) is 0 Å². The smallest absolute Gasteiger partial charge is 0.0236 e. The van der Waals surface area contributed by atoms with E-state index in [1.807, 2.05) is 0 Å². The second kappa shape index (κ2) is 19.2. The zero-order valence-electron chi connectivity index (χ0n) is 27.6. The summed E-state index contributed by atoms with van der Waals surface area (Å²) in [5.41, 5.74) is 10.4. The van der Waals surface area contributed by atoms with Crippen LogP contribution in [-0.2, 0) is 19.3 Å². The number of nitrogens with two attached hydrogens (primary N) is 1. The third-order valence-electron chi connectivity index (χ3n) is 10.2. The molecule has 2 fully saturated rings. The van der Waals surface area contributed by atoms with E-state index in [2.05, 4.69) is 112 Å². The predicted octanol–water partition coefficient (Wildman–Crippen LogP) is 5.98. The summed E-state index contributed by atoms with van der Waals surface area (Å²) in [5.74, 6) is 0.967. The van der Waals surface area contributed by atoms with Crippen molar-refractivity contribution in [2.45, 2.75) is 94.8 Å². The highest BCUT2D eigenvalue weighted by molar-refractivity contribution is 5.18. The van der Waals surface area contributed by atoms with Crippen molar-refractivity contribution >= 4 is 0 Å². The molecule has 0 amide bonds. The molecular formula is C40H59N5. The topological polar surface area (TPSA) is 65.3 Å². The lowest BCUT2D eigenvalue weighted by Crippen LogP contribution is -2.51. The monoisotopic (exact) mass is 609 g/mol. The van der Waals surface area contributed by atoms with Gasteiger partial charge in [0.1, 0.15) is 0 Å². The standard InChI is InChI=1S/C40H59N5/c41-29-37(26-34-16-4-1-5-17-34)44-31-40-23-13-25-45(40)32-39(28-36-20-8-3-9-21-36)43-30-38(27-35-18-6-2-7-19-35)42-24-12-22-33-14-10-11-15-33/h1-9,16-21,33,37-40,42-44H,10-15,22-32,41H2/t37-,38-,39-,40-/m0/s1. The van der Waals surface area contributed by atoms with Crippen LogP contribution in [0.3, 0.4) is 0 Å². The Morgan fingerprint density at radius 1 is 0.644 bits per heavy atom. The lowest BCUT2D eigenvalue weighted by molar-refractivity contribution is 0.213. The van der Waals surface area contributed by atoms with Crippen LogP contribution in [0.25, 0.3) is 0 Å². The molecule has 1 aliphatic carbocycles. The van der Waals surface area contributed by atoms with Crippen LogP contribution in [0, 0.1) is 5.92 Å². The molecule has 3 aromatic rings. The lowest BCUT2D eigenvalue weighted by Gasteiger charge is -2.32. The highest BCUT2D eigenvalue weighted by atomic mass is 15.2. The van der Waals surface area contributed by atoms with E-state index >= 15 is 0 Å². The SMILES string of the molecule is NC[C@H](Cc1ccccc1)NC[C@@H]1CCCN1C[C@H](Cc1ccccc1)NC[C@H](Cc1ccccc1)NCCCC1CCCC1. The summed E-state index contributed by atoms with van der Waals surface area (Å²) in [7, 11) is 0. The first-order valence-corrected chi connectivity index (χ1v) is 18.0. The number of nitrogens with zero attached hydrogens (tertiary/aromatic N) is 1. The van der Waals surface area contributed by atoms with E-state index in [0.29, 0.717) is 30.7 Å². The maximum atomic E-state index is 6.21. The van der Waals surface area contributed by atoms with Crippen LogP contribution in [-0.4, -0.2) is 68.3 Å². The van der Waals surface area contributed by atoms with Crippen molar-refractivity contribution in [2.24, 2.45) is 11.7 Å². The normalized spacial score (nSPS) is 19.5. The Bertz CT molecular complexity index is 1170. The van der Waals surface area contributed by atoms with Gasteiger partial charge >= 0.3 is 0 Å². The van der Waals surface area contributed by atoms with Crippen molar-refractivity contribution in [1.29, 1.82) is 0 Å². The molecule has 0 aromatic heterocycles. The summed E-state index contributed by atoms with van der Waals surface area (Å²) in [6.07, 6.45) is 14.1. The molecule has 1 saturated heterocycles. The fraction of sp³-hybridized carbons (Fsp3) is 0.550. The fourth-order valence-corrected chi connectivity index (χ4v) is 7.61. The Balaban J connectivity index is 1.17. The van der Waals surface area contributed by atoms with Gasteiger partial charge in [-0.1, -0.05) is 117 Å². The number of likely N-dealkylation sites (tertiary alicyclic amines) is 1. The van der Waals surface area contributed by atoms with E-state index < -0.39 is 0 Å². The lowest BCUT2D eigenvalue weighted by atomic mass is 10.0. The molecule has 244 valence electrons. The summed E-state index contributed by atoms with van der Waals surface area (Å²) in [5, 5.41) is 11.9. The van der Waals surface area contributed by atoms with Crippen LogP contribution >= 0.6 is 0 Å². The summed E-state index contributed by atoms with van der Waals surface area (Å²) in [6.45, 7) is 6.02. The van der Waals surface area contributed by atoms with Gasteiger partial charge in [0.2, 0.25) is 0 Å². The van der Waals surface area contributed by atoms with Gasteiger partial charge in [-0.3, -0.25) is 4.90 Å². The molecule has 2 aliphatic rings. The molecule has 1 aliphatic heterocycles. The molecule has 5 heteroatoms. The molecule has 5 N–H and O–H groups in total. The minimum absolute atomic E-state index is 0.312. The average Bonchev–Trinajstić information content (AvgIpc) is 3.77. The first-order chi connectivity index (χ1) is 22.2. The molecule has 5 rings (SSSR count). The first kappa shape index (κ1) is 33.8.